The minimum atomic E-state index is -1.75. The summed E-state index contributed by atoms with van der Waals surface area (Å²) in [6, 6.07) is -7.62. The molecule has 0 spiro atoms. The van der Waals surface area contributed by atoms with Crippen LogP contribution in [-0.2, 0) is 40.0 Å². The van der Waals surface area contributed by atoms with Crippen LogP contribution in [0.5, 0.6) is 0 Å². The van der Waals surface area contributed by atoms with Crippen molar-refractivity contribution < 1.29 is 43.8 Å². The third-order valence-corrected chi connectivity index (χ3v) is 6.71. The van der Waals surface area contributed by atoms with Crippen LogP contribution in [-0.4, -0.2) is 109 Å². The molecule has 1 rings (SSSR count). The van der Waals surface area contributed by atoms with Gasteiger partial charge in [0.05, 0.1) is 18.8 Å². The van der Waals surface area contributed by atoms with Gasteiger partial charge in [-0.1, -0.05) is 13.8 Å². The summed E-state index contributed by atoms with van der Waals surface area (Å²) < 4.78 is 0. The lowest BCUT2D eigenvalue weighted by molar-refractivity contribution is -0.147. The van der Waals surface area contributed by atoms with Crippen molar-refractivity contribution >= 4 is 66.7 Å². The molecule has 6 atom stereocenters. The molecule has 0 aliphatic heterocycles. The number of imidazole rings is 1. The summed E-state index contributed by atoms with van der Waals surface area (Å²) in [5.74, 6) is -7.72. The van der Waals surface area contributed by atoms with Gasteiger partial charge in [0.15, 0.2) is 0 Å². The van der Waals surface area contributed by atoms with E-state index in [-0.39, 0.29) is 17.9 Å². The van der Waals surface area contributed by atoms with Crippen LogP contribution >= 0.6 is 25.3 Å². The van der Waals surface area contributed by atoms with Gasteiger partial charge in [0.25, 0.3) is 0 Å². The van der Waals surface area contributed by atoms with Crippen LogP contribution in [0.3, 0.4) is 0 Å². The summed E-state index contributed by atoms with van der Waals surface area (Å²) >= 11 is 7.98. The molecule has 240 valence electrons. The van der Waals surface area contributed by atoms with E-state index in [0.717, 1.165) is 0 Å². The van der Waals surface area contributed by atoms with Crippen molar-refractivity contribution in [2.24, 2.45) is 11.7 Å². The third kappa shape index (κ3) is 12.5. The number of nitrogens with zero attached hydrogens (tertiary/aromatic N) is 1. The van der Waals surface area contributed by atoms with Crippen molar-refractivity contribution in [1.82, 2.24) is 36.6 Å². The Kier molecular flexibility index (Phi) is 15.5. The normalized spacial score (nSPS) is 15.1. The summed E-state index contributed by atoms with van der Waals surface area (Å²) in [7, 11) is 0. The monoisotopic (exact) mass is 646 g/mol. The summed E-state index contributed by atoms with van der Waals surface area (Å²) in [5, 5.41) is 29.9. The lowest BCUT2D eigenvalue weighted by atomic mass is 10.0. The number of hydrogen-bond donors (Lipinski definition) is 11. The quantitative estimate of drug-likeness (QED) is 0.0707. The fraction of sp³-hybridized carbons (Fsp3) is 0.583. The van der Waals surface area contributed by atoms with E-state index in [9.17, 15) is 33.6 Å². The summed E-state index contributed by atoms with van der Waals surface area (Å²) in [5.41, 5.74) is 6.22. The number of thiol groups is 2. The van der Waals surface area contributed by atoms with Gasteiger partial charge in [-0.25, -0.2) is 9.78 Å². The molecule has 17 nitrogen and oxygen atoms in total. The van der Waals surface area contributed by atoms with Crippen molar-refractivity contribution in [3.63, 3.8) is 0 Å². The summed E-state index contributed by atoms with van der Waals surface area (Å²) in [4.78, 5) is 92.8. The number of nitrogens with one attached hydrogen (secondary N) is 6. The number of carboxylic acids is 2. The highest BCUT2D eigenvalue weighted by molar-refractivity contribution is 7.80. The molecule has 0 saturated heterocycles. The Labute approximate surface area is 258 Å². The molecule has 10 N–H and O–H groups in total. The first-order valence-electron chi connectivity index (χ1n) is 13.0. The van der Waals surface area contributed by atoms with Gasteiger partial charge in [-0.3, -0.25) is 28.8 Å². The van der Waals surface area contributed by atoms with Crippen LogP contribution in [0.25, 0.3) is 0 Å². The molecule has 0 radical (unpaired) electrons. The molecule has 0 fully saturated rings. The lowest BCUT2D eigenvalue weighted by Crippen LogP contribution is -2.60. The maximum atomic E-state index is 13.0. The number of aromatic nitrogens is 2. The molecule has 1 aromatic heterocycles. The summed E-state index contributed by atoms with van der Waals surface area (Å²) in [6.45, 7) is 4.57. The second-order valence-corrected chi connectivity index (χ2v) is 10.6. The van der Waals surface area contributed by atoms with Gasteiger partial charge < -0.3 is 47.5 Å². The minimum absolute atomic E-state index is 0.00457. The number of nitrogens with two attached hydrogens (primary N) is 1. The van der Waals surface area contributed by atoms with Gasteiger partial charge >= 0.3 is 11.9 Å². The van der Waals surface area contributed by atoms with Crippen molar-refractivity contribution in [3.8, 4) is 0 Å². The predicted molar refractivity (Wildman–Crippen MR) is 158 cm³/mol. The zero-order valence-electron chi connectivity index (χ0n) is 23.7. The van der Waals surface area contributed by atoms with E-state index in [1.807, 2.05) is 5.32 Å². The van der Waals surface area contributed by atoms with Gasteiger partial charge in [0.2, 0.25) is 29.5 Å². The van der Waals surface area contributed by atoms with Gasteiger partial charge in [-0.2, -0.15) is 25.3 Å². The Bertz CT molecular complexity index is 1150. The van der Waals surface area contributed by atoms with Crippen LogP contribution in [0, 0.1) is 5.92 Å². The Hall–Kier alpha value is -3.84. The second-order valence-electron chi connectivity index (χ2n) is 9.83. The van der Waals surface area contributed by atoms with Crippen LogP contribution in [0.4, 0.5) is 0 Å². The first kappa shape index (κ1) is 37.2. The number of H-pyrrole nitrogens is 1. The van der Waals surface area contributed by atoms with Gasteiger partial charge in [0, 0.05) is 29.8 Å². The molecule has 1 aromatic rings. The van der Waals surface area contributed by atoms with E-state index in [1.54, 1.807) is 13.8 Å². The van der Waals surface area contributed by atoms with E-state index < -0.39 is 90.1 Å². The van der Waals surface area contributed by atoms with Crippen LogP contribution in [0.2, 0.25) is 0 Å². The molecular weight excluding hydrogens is 608 g/mol. The largest absolute Gasteiger partial charge is 0.481 e. The molecule has 0 bridgehead atoms. The topological polar surface area (TPSA) is 275 Å². The highest BCUT2D eigenvalue weighted by atomic mass is 32.1. The second kappa shape index (κ2) is 18.0. The zero-order valence-corrected chi connectivity index (χ0v) is 25.5. The highest BCUT2D eigenvalue weighted by Crippen LogP contribution is 2.06. The average molecular weight is 647 g/mol. The van der Waals surface area contributed by atoms with Crippen molar-refractivity contribution in [3.05, 3.63) is 18.2 Å². The van der Waals surface area contributed by atoms with Gasteiger partial charge in [0.1, 0.15) is 30.2 Å². The van der Waals surface area contributed by atoms with Crippen molar-refractivity contribution in [2.75, 3.05) is 11.5 Å². The first-order valence-corrected chi connectivity index (χ1v) is 14.3. The van der Waals surface area contributed by atoms with Crippen molar-refractivity contribution in [1.29, 1.82) is 0 Å². The molecule has 19 heteroatoms. The SMILES string of the molecule is CC(NC(=O)C(Cc1cnc[nH]1)NC(=O)C(N)CS)C(=O)NC(C(=O)NC(CS)C(=O)NC(CC(=O)O)C(=O)O)C(C)C. The number of carbonyl (C=O) groups is 7. The predicted octanol–water partition coefficient (Wildman–Crippen LogP) is -3.20. The molecule has 0 saturated carbocycles. The third-order valence-electron chi connectivity index (χ3n) is 5.95. The van der Waals surface area contributed by atoms with Crippen LogP contribution in [0.1, 0.15) is 32.9 Å². The Morgan fingerprint density at radius 2 is 1.40 bits per heavy atom. The minimum Gasteiger partial charge on any atom is -0.481 e. The average Bonchev–Trinajstić information content (AvgIpc) is 3.45. The molecule has 43 heavy (non-hydrogen) atoms. The van der Waals surface area contributed by atoms with Crippen LogP contribution < -0.4 is 32.3 Å². The standard InChI is InChI=1S/C24H38N8O9S2/c1-10(2)18(23(39)31-16(8-43)22(38)30-15(24(40)41)5-17(33)34)32-19(35)11(3)28-21(37)14(4-12-6-26-9-27-12)29-20(36)13(25)7-42/h6,9-11,13-16,18,42-43H,4-5,7-8,25H2,1-3H3,(H,26,27)(H,28,37)(H,29,36)(H,30,38)(H,31,39)(H,32,35)(H,33,34)(H,40,41). The Balaban J connectivity index is 2.93. The maximum Gasteiger partial charge on any atom is 0.326 e. The number of carboxylic acid groups (broad SMARTS) is 2. The molecule has 1 heterocycles. The van der Waals surface area contributed by atoms with E-state index >= 15 is 0 Å². The van der Waals surface area contributed by atoms with Crippen LogP contribution in [0.15, 0.2) is 12.5 Å². The zero-order chi connectivity index (χ0) is 32.9. The van der Waals surface area contributed by atoms with Gasteiger partial charge in [-0.05, 0) is 12.8 Å². The van der Waals surface area contributed by atoms with E-state index in [4.69, 9.17) is 15.9 Å². The van der Waals surface area contributed by atoms with Gasteiger partial charge in [-0.15, -0.1) is 0 Å². The number of amides is 5. The Morgan fingerprint density at radius 3 is 1.88 bits per heavy atom. The van der Waals surface area contributed by atoms with Crippen molar-refractivity contribution in [2.45, 2.75) is 69.9 Å². The maximum absolute atomic E-state index is 13.0. The van der Waals surface area contributed by atoms with E-state index in [1.165, 1.54) is 19.4 Å². The molecule has 5 amide bonds. The molecule has 0 aliphatic carbocycles. The molecule has 0 aliphatic rings. The molecule has 6 unspecified atom stereocenters. The Morgan fingerprint density at radius 1 is 0.814 bits per heavy atom. The highest BCUT2D eigenvalue weighted by Gasteiger charge is 2.33. The number of carbonyl (C=O) groups excluding carboxylic acids is 5. The smallest absolute Gasteiger partial charge is 0.326 e. The number of aliphatic carboxylic acids is 2. The van der Waals surface area contributed by atoms with E-state index in [0.29, 0.717) is 5.69 Å². The number of aromatic amines is 1. The molecule has 0 aromatic carbocycles. The van der Waals surface area contributed by atoms with E-state index in [2.05, 4.69) is 56.5 Å². The summed E-state index contributed by atoms with van der Waals surface area (Å²) in [6.07, 6.45) is 1.96. The first-order chi connectivity index (χ1) is 20.1. The lowest BCUT2D eigenvalue weighted by Gasteiger charge is -2.27. The fourth-order valence-electron chi connectivity index (χ4n) is 3.48. The molecular formula is C24H38N8O9S2. The number of rotatable bonds is 18. The fourth-order valence-corrected chi connectivity index (χ4v) is 3.91. The number of hydrogen-bond acceptors (Lipinski definition) is 11.